The summed E-state index contributed by atoms with van der Waals surface area (Å²) in [4.78, 5) is 0. The lowest BCUT2D eigenvalue weighted by atomic mass is 9.93. The molecule has 0 spiro atoms. The van der Waals surface area contributed by atoms with E-state index < -0.39 is 0 Å². The van der Waals surface area contributed by atoms with Gasteiger partial charge in [-0.15, -0.1) is 0 Å². The van der Waals surface area contributed by atoms with Gasteiger partial charge in [-0.3, -0.25) is 0 Å². The Labute approximate surface area is 65.3 Å². The van der Waals surface area contributed by atoms with Gasteiger partial charge in [0.25, 0.3) is 0 Å². The zero-order valence-electron chi connectivity index (χ0n) is 7.43. The van der Waals surface area contributed by atoms with Crippen molar-refractivity contribution >= 4 is 0 Å². The van der Waals surface area contributed by atoms with Crippen LogP contribution in [-0.4, -0.2) is 0 Å². The van der Waals surface area contributed by atoms with Crippen LogP contribution in [0.5, 0.6) is 0 Å². The molecule has 0 aromatic rings. The quantitative estimate of drug-likeness (QED) is 0.523. The van der Waals surface area contributed by atoms with Crippen LogP contribution in [0.1, 0.15) is 33.6 Å². The van der Waals surface area contributed by atoms with E-state index in [4.69, 9.17) is 0 Å². The minimum Gasteiger partial charge on any atom is -0.0885 e. The van der Waals surface area contributed by atoms with Crippen molar-refractivity contribution < 1.29 is 0 Å². The van der Waals surface area contributed by atoms with Crippen molar-refractivity contribution in [1.82, 2.24) is 0 Å². The summed E-state index contributed by atoms with van der Waals surface area (Å²) in [6.45, 7) is 10.6. The summed E-state index contributed by atoms with van der Waals surface area (Å²) in [7, 11) is 0. The average molecular weight is 139 g/mol. The fourth-order valence-corrected chi connectivity index (χ4v) is 1.04. The lowest BCUT2D eigenvalue weighted by molar-refractivity contribution is 0.493. The SMILES string of the molecule is [CH2]C(C)C(/C=C/CC)CC. The van der Waals surface area contributed by atoms with Crippen LogP contribution in [-0.2, 0) is 0 Å². The van der Waals surface area contributed by atoms with Gasteiger partial charge in [0, 0.05) is 0 Å². The number of rotatable bonds is 4. The molecule has 2 unspecified atom stereocenters. The van der Waals surface area contributed by atoms with Crippen LogP contribution >= 0.6 is 0 Å². The highest BCUT2D eigenvalue weighted by Crippen LogP contribution is 2.15. The molecule has 0 aromatic carbocycles. The van der Waals surface area contributed by atoms with Crippen molar-refractivity contribution in [3.63, 3.8) is 0 Å². The highest BCUT2D eigenvalue weighted by molar-refractivity contribution is 4.89. The standard InChI is InChI=1S/C10H19/c1-5-7-8-10(6-2)9(3)4/h7-10H,3,5-6H2,1-2,4H3/b8-7+. The predicted octanol–water partition coefficient (Wildman–Crippen LogP) is 3.45. The second kappa shape index (κ2) is 5.52. The Morgan fingerprint density at radius 2 is 2.00 bits per heavy atom. The van der Waals surface area contributed by atoms with Gasteiger partial charge in [0.15, 0.2) is 0 Å². The van der Waals surface area contributed by atoms with Crippen LogP contribution < -0.4 is 0 Å². The van der Waals surface area contributed by atoms with E-state index in [1.54, 1.807) is 0 Å². The van der Waals surface area contributed by atoms with E-state index in [2.05, 4.69) is 39.8 Å². The third-order valence-electron chi connectivity index (χ3n) is 1.82. The zero-order chi connectivity index (χ0) is 7.98. The highest BCUT2D eigenvalue weighted by atomic mass is 14.1. The Kier molecular flexibility index (Phi) is 5.38. The molecular formula is C10H19. The molecule has 0 amide bonds. The molecule has 0 rings (SSSR count). The molecule has 10 heavy (non-hydrogen) atoms. The molecule has 0 heterocycles. The van der Waals surface area contributed by atoms with Crippen molar-refractivity contribution in [1.29, 1.82) is 0 Å². The third kappa shape index (κ3) is 3.71. The van der Waals surface area contributed by atoms with E-state index in [1.807, 2.05) is 0 Å². The average Bonchev–Trinajstić information content (AvgIpc) is 1.89. The van der Waals surface area contributed by atoms with E-state index >= 15 is 0 Å². The van der Waals surface area contributed by atoms with Gasteiger partial charge in [0.1, 0.15) is 0 Å². The Balaban J connectivity index is 3.71. The van der Waals surface area contributed by atoms with Crippen LogP contribution in [0.15, 0.2) is 12.2 Å². The third-order valence-corrected chi connectivity index (χ3v) is 1.82. The molecule has 0 aliphatic rings. The lowest BCUT2D eigenvalue weighted by Gasteiger charge is -2.13. The van der Waals surface area contributed by atoms with Crippen molar-refractivity contribution in [2.75, 3.05) is 0 Å². The Bertz CT molecular complexity index is 90.2. The fourth-order valence-electron chi connectivity index (χ4n) is 1.04. The monoisotopic (exact) mass is 139 g/mol. The minimum absolute atomic E-state index is 0.549. The first-order valence-corrected chi connectivity index (χ1v) is 4.22. The van der Waals surface area contributed by atoms with Crippen LogP contribution in [0, 0.1) is 18.8 Å². The Morgan fingerprint density at radius 3 is 2.30 bits per heavy atom. The first-order chi connectivity index (χ1) is 4.72. The summed E-state index contributed by atoms with van der Waals surface area (Å²) in [5.41, 5.74) is 0. The summed E-state index contributed by atoms with van der Waals surface area (Å²) >= 11 is 0. The summed E-state index contributed by atoms with van der Waals surface area (Å²) in [5.74, 6) is 1.23. The van der Waals surface area contributed by atoms with Crippen LogP contribution in [0.4, 0.5) is 0 Å². The molecule has 0 saturated carbocycles. The van der Waals surface area contributed by atoms with Gasteiger partial charge in [-0.2, -0.15) is 0 Å². The molecule has 0 aliphatic heterocycles. The fraction of sp³-hybridized carbons (Fsp3) is 0.700. The Hall–Kier alpha value is -0.260. The molecule has 0 N–H and O–H groups in total. The van der Waals surface area contributed by atoms with E-state index in [9.17, 15) is 0 Å². The van der Waals surface area contributed by atoms with Gasteiger partial charge >= 0.3 is 0 Å². The summed E-state index contributed by atoms with van der Waals surface area (Å²) in [6.07, 6.45) is 6.87. The van der Waals surface area contributed by atoms with Crippen molar-refractivity contribution in [3.8, 4) is 0 Å². The molecule has 0 nitrogen and oxygen atoms in total. The molecule has 0 saturated heterocycles. The molecule has 0 bridgehead atoms. The van der Waals surface area contributed by atoms with Gasteiger partial charge in [-0.1, -0.05) is 32.9 Å². The molecule has 59 valence electrons. The highest BCUT2D eigenvalue weighted by Gasteiger charge is 2.05. The zero-order valence-corrected chi connectivity index (χ0v) is 7.43. The van der Waals surface area contributed by atoms with Crippen molar-refractivity contribution in [3.05, 3.63) is 19.1 Å². The van der Waals surface area contributed by atoms with Gasteiger partial charge in [0.2, 0.25) is 0 Å². The first-order valence-electron chi connectivity index (χ1n) is 4.22. The molecular weight excluding hydrogens is 120 g/mol. The minimum atomic E-state index is 0.549. The van der Waals surface area contributed by atoms with E-state index in [1.165, 1.54) is 6.42 Å². The smallest absolute Gasteiger partial charge is 0.0210 e. The maximum Gasteiger partial charge on any atom is -0.0210 e. The van der Waals surface area contributed by atoms with Crippen LogP contribution in [0.2, 0.25) is 0 Å². The summed E-state index contributed by atoms with van der Waals surface area (Å²) in [6, 6.07) is 0. The van der Waals surface area contributed by atoms with Gasteiger partial charge in [0.05, 0.1) is 0 Å². The molecule has 0 aliphatic carbocycles. The van der Waals surface area contributed by atoms with E-state index in [0.29, 0.717) is 11.8 Å². The predicted molar refractivity (Wildman–Crippen MR) is 47.7 cm³/mol. The van der Waals surface area contributed by atoms with Gasteiger partial charge in [-0.05, 0) is 31.6 Å². The largest absolute Gasteiger partial charge is 0.0885 e. The summed E-state index contributed by atoms with van der Waals surface area (Å²) in [5, 5.41) is 0. The molecule has 2 atom stereocenters. The van der Waals surface area contributed by atoms with Crippen LogP contribution in [0.25, 0.3) is 0 Å². The molecule has 0 fully saturated rings. The second-order valence-electron chi connectivity index (χ2n) is 2.89. The Morgan fingerprint density at radius 1 is 1.40 bits per heavy atom. The molecule has 1 radical (unpaired) electrons. The second-order valence-corrected chi connectivity index (χ2v) is 2.89. The van der Waals surface area contributed by atoms with E-state index in [-0.39, 0.29) is 0 Å². The molecule has 0 aromatic heterocycles. The van der Waals surface area contributed by atoms with Crippen molar-refractivity contribution in [2.24, 2.45) is 11.8 Å². The van der Waals surface area contributed by atoms with Crippen molar-refractivity contribution in [2.45, 2.75) is 33.6 Å². The van der Waals surface area contributed by atoms with Crippen LogP contribution in [0.3, 0.4) is 0 Å². The van der Waals surface area contributed by atoms with E-state index in [0.717, 1.165) is 6.42 Å². The maximum atomic E-state index is 4.01. The lowest BCUT2D eigenvalue weighted by Crippen LogP contribution is -2.03. The summed E-state index contributed by atoms with van der Waals surface area (Å²) < 4.78 is 0. The number of hydrogen-bond acceptors (Lipinski definition) is 0. The number of hydrogen-bond donors (Lipinski definition) is 0. The molecule has 0 heteroatoms. The number of allylic oxidation sites excluding steroid dienone is 2. The van der Waals surface area contributed by atoms with Gasteiger partial charge < -0.3 is 0 Å². The normalized spacial score (nSPS) is 14.9. The topological polar surface area (TPSA) is 0 Å². The first kappa shape index (κ1) is 9.74. The van der Waals surface area contributed by atoms with Gasteiger partial charge in [-0.25, -0.2) is 0 Å². The maximum absolute atomic E-state index is 4.01.